The topological polar surface area (TPSA) is 20.3 Å². The molecule has 0 spiro atoms. The van der Waals surface area contributed by atoms with Gasteiger partial charge < -0.3 is 4.90 Å². The first kappa shape index (κ1) is 12.1. The summed E-state index contributed by atoms with van der Waals surface area (Å²) >= 11 is 1.53. The Morgan fingerprint density at radius 3 is 2.47 bits per heavy atom. The lowest BCUT2D eigenvalue weighted by Crippen LogP contribution is -2.29. The Hall–Kier alpha value is -2.00. The van der Waals surface area contributed by atoms with Gasteiger partial charge in [0, 0.05) is 11.9 Å². The highest BCUT2D eigenvalue weighted by Gasteiger charge is 2.25. The highest BCUT2D eigenvalue weighted by atomic mass is 32.2. The van der Waals surface area contributed by atoms with Crippen LogP contribution in [-0.2, 0) is 4.79 Å². The minimum Gasteiger partial charge on any atom is -0.310 e. The fourth-order valence-electron chi connectivity index (χ4n) is 2.05. The summed E-state index contributed by atoms with van der Waals surface area (Å²) in [6.45, 7) is 0. The van der Waals surface area contributed by atoms with Gasteiger partial charge in [0.2, 0.25) is 0 Å². The number of hydrogen-bond acceptors (Lipinski definition) is 2. The minimum atomic E-state index is 0.0487. The second-order valence-corrected chi connectivity index (χ2v) is 5.44. The van der Waals surface area contributed by atoms with E-state index in [1.807, 2.05) is 67.7 Å². The molecule has 19 heavy (non-hydrogen) atoms. The van der Waals surface area contributed by atoms with E-state index < -0.39 is 0 Å². The van der Waals surface area contributed by atoms with Crippen molar-refractivity contribution in [1.82, 2.24) is 0 Å². The molecule has 0 saturated carbocycles. The molecule has 0 unspecified atom stereocenters. The van der Waals surface area contributed by atoms with Gasteiger partial charge in [0.1, 0.15) is 0 Å². The van der Waals surface area contributed by atoms with Crippen LogP contribution >= 0.6 is 11.8 Å². The third-order valence-corrected chi connectivity index (χ3v) is 4.14. The van der Waals surface area contributed by atoms with Crippen LogP contribution in [0.5, 0.6) is 0 Å². The predicted molar refractivity (Wildman–Crippen MR) is 80.1 cm³/mol. The van der Waals surface area contributed by atoms with Crippen LogP contribution in [0.2, 0.25) is 0 Å². The molecule has 0 N–H and O–H groups in total. The molecule has 1 amide bonds. The van der Waals surface area contributed by atoms with Crippen molar-refractivity contribution in [1.29, 1.82) is 0 Å². The SMILES string of the molecule is CN1C(=O)/C(=C/c2ccccc2)Sc2ccccc21. The Labute approximate surface area is 116 Å². The summed E-state index contributed by atoms with van der Waals surface area (Å²) in [7, 11) is 1.82. The molecule has 0 aliphatic carbocycles. The second kappa shape index (κ2) is 4.94. The fraction of sp³-hybridized carbons (Fsp3) is 0.0625. The summed E-state index contributed by atoms with van der Waals surface area (Å²) in [6.07, 6.45) is 1.94. The van der Waals surface area contributed by atoms with Crippen molar-refractivity contribution >= 4 is 29.4 Å². The van der Waals surface area contributed by atoms with Gasteiger partial charge in [-0.25, -0.2) is 0 Å². The van der Waals surface area contributed by atoms with E-state index in [9.17, 15) is 4.79 Å². The number of hydrogen-bond donors (Lipinski definition) is 0. The lowest BCUT2D eigenvalue weighted by atomic mass is 10.2. The lowest BCUT2D eigenvalue weighted by Gasteiger charge is -2.26. The van der Waals surface area contributed by atoms with Gasteiger partial charge in [0.25, 0.3) is 5.91 Å². The number of carbonyl (C=O) groups excluding carboxylic acids is 1. The van der Waals surface area contributed by atoms with Crippen LogP contribution in [0.4, 0.5) is 5.69 Å². The first-order valence-electron chi connectivity index (χ1n) is 6.07. The summed E-state index contributed by atoms with van der Waals surface area (Å²) in [5, 5.41) is 0. The number of rotatable bonds is 1. The maximum Gasteiger partial charge on any atom is 0.264 e. The Morgan fingerprint density at radius 2 is 1.68 bits per heavy atom. The minimum absolute atomic E-state index is 0.0487. The molecule has 3 rings (SSSR count). The van der Waals surface area contributed by atoms with Crippen molar-refractivity contribution in [3.8, 4) is 0 Å². The molecule has 1 aliphatic rings. The van der Waals surface area contributed by atoms with Crippen molar-refractivity contribution in [3.63, 3.8) is 0 Å². The number of likely N-dealkylation sites (N-methyl/N-ethyl adjacent to an activating group) is 1. The van der Waals surface area contributed by atoms with Crippen LogP contribution in [0, 0.1) is 0 Å². The first-order valence-corrected chi connectivity index (χ1v) is 6.89. The zero-order valence-corrected chi connectivity index (χ0v) is 11.4. The molecule has 2 aromatic carbocycles. The number of carbonyl (C=O) groups is 1. The van der Waals surface area contributed by atoms with Crippen molar-refractivity contribution in [2.24, 2.45) is 0 Å². The number of fused-ring (bicyclic) bond motifs is 1. The van der Waals surface area contributed by atoms with Gasteiger partial charge in [-0.1, -0.05) is 54.2 Å². The summed E-state index contributed by atoms with van der Waals surface area (Å²) < 4.78 is 0. The highest BCUT2D eigenvalue weighted by Crippen LogP contribution is 2.41. The average Bonchev–Trinajstić information content (AvgIpc) is 2.46. The first-order chi connectivity index (χ1) is 9.25. The number of para-hydroxylation sites is 1. The fourth-order valence-corrected chi connectivity index (χ4v) is 3.16. The standard InChI is InChI=1S/C16H13NOS/c1-17-13-9-5-6-10-14(13)19-15(16(17)18)11-12-7-3-2-4-8-12/h2-11H,1H3/b15-11-. The van der Waals surface area contributed by atoms with E-state index in [-0.39, 0.29) is 5.91 Å². The van der Waals surface area contributed by atoms with Crippen LogP contribution in [0.3, 0.4) is 0 Å². The largest absolute Gasteiger partial charge is 0.310 e. The van der Waals surface area contributed by atoms with E-state index in [4.69, 9.17) is 0 Å². The molecule has 94 valence electrons. The normalized spacial score (nSPS) is 16.6. The smallest absolute Gasteiger partial charge is 0.264 e. The van der Waals surface area contributed by atoms with E-state index in [0.717, 1.165) is 21.1 Å². The van der Waals surface area contributed by atoms with Crippen molar-refractivity contribution < 1.29 is 4.79 Å². The molecule has 1 aliphatic heterocycles. The third-order valence-electron chi connectivity index (χ3n) is 3.06. The summed E-state index contributed by atoms with van der Waals surface area (Å²) in [6, 6.07) is 17.9. The number of anilines is 1. The maximum absolute atomic E-state index is 12.3. The Bertz CT molecular complexity index is 649. The van der Waals surface area contributed by atoms with Gasteiger partial charge in [0.05, 0.1) is 10.6 Å². The van der Waals surface area contributed by atoms with E-state index in [0.29, 0.717) is 0 Å². The molecule has 2 nitrogen and oxygen atoms in total. The summed E-state index contributed by atoms with van der Waals surface area (Å²) in [5.74, 6) is 0.0487. The number of benzene rings is 2. The van der Waals surface area contributed by atoms with Crippen molar-refractivity contribution in [2.75, 3.05) is 11.9 Å². The molecule has 2 aromatic rings. The Balaban J connectivity index is 2.02. The lowest BCUT2D eigenvalue weighted by molar-refractivity contribution is -0.114. The molecule has 0 aromatic heterocycles. The quantitative estimate of drug-likeness (QED) is 0.733. The number of thioether (sulfide) groups is 1. The van der Waals surface area contributed by atoms with Crippen molar-refractivity contribution in [3.05, 3.63) is 65.1 Å². The van der Waals surface area contributed by atoms with Crippen LogP contribution < -0.4 is 4.90 Å². The van der Waals surface area contributed by atoms with E-state index in [1.54, 1.807) is 4.90 Å². The summed E-state index contributed by atoms with van der Waals surface area (Å²) in [5.41, 5.74) is 2.02. The molecule has 0 fully saturated rings. The monoisotopic (exact) mass is 267 g/mol. The summed E-state index contributed by atoms with van der Waals surface area (Å²) in [4.78, 5) is 15.9. The van der Waals surface area contributed by atoms with Crippen LogP contribution in [0.15, 0.2) is 64.4 Å². The van der Waals surface area contributed by atoms with Gasteiger partial charge >= 0.3 is 0 Å². The number of nitrogens with zero attached hydrogens (tertiary/aromatic N) is 1. The molecule has 1 heterocycles. The number of amides is 1. The third kappa shape index (κ3) is 2.29. The van der Waals surface area contributed by atoms with Crippen LogP contribution in [0.1, 0.15) is 5.56 Å². The van der Waals surface area contributed by atoms with Crippen LogP contribution in [0.25, 0.3) is 6.08 Å². The second-order valence-electron chi connectivity index (χ2n) is 4.35. The van der Waals surface area contributed by atoms with Crippen LogP contribution in [-0.4, -0.2) is 13.0 Å². The van der Waals surface area contributed by atoms with Gasteiger partial charge in [-0.05, 0) is 23.8 Å². The molecule has 0 saturated heterocycles. The molecule has 3 heteroatoms. The Morgan fingerprint density at radius 1 is 1.00 bits per heavy atom. The highest BCUT2D eigenvalue weighted by molar-refractivity contribution is 8.04. The molecule has 0 atom stereocenters. The van der Waals surface area contributed by atoms with E-state index in [2.05, 4.69) is 0 Å². The van der Waals surface area contributed by atoms with E-state index in [1.165, 1.54) is 11.8 Å². The average molecular weight is 267 g/mol. The zero-order chi connectivity index (χ0) is 13.2. The molecule has 0 bridgehead atoms. The van der Waals surface area contributed by atoms with Gasteiger partial charge in [-0.3, -0.25) is 4.79 Å². The predicted octanol–water partition coefficient (Wildman–Crippen LogP) is 3.80. The van der Waals surface area contributed by atoms with Crippen molar-refractivity contribution in [2.45, 2.75) is 4.90 Å². The maximum atomic E-state index is 12.3. The van der Waals surface area contributed by atoms with E-state index >= 15 is 0 Å². The van der Waals surface area contributed by atoms with Gasteiger partial charge in [0.15, 0.2) is 0 Å². The Kier molecular flexibility index (Phi) is 3.13. The van der Waals surface area contributed by atoms with Gasteiger partial charge in [-0.15, -0.1) is 0 Å². The molecule has 0 radical (unpaired) electrons. The van der Waals surface area contributed by atoms with Gasteiger partial charge in [-0.2, -0.15) is 0 Å². The molecular weight excluding hydrogens is 254 g/mol. The zero-order valence-electron chi connectivity index (χ0n) is 10.5. The molecular formula is C16H13NOS.